The smallest absolute Gasteiger partial charge is 0.139 e. The van der Waals surface area contributed by atoms with E-state index in [9.17, 15) is 0 Å². The van der Waals surface area contributed by atoms with Gasteiger partial charge in [-0.25, -0.2) is 15.0 Å². The number of aromatic nitrogens is 4. The number of pyridine rings is 1. The van der Waals surface area contributed by atoms with Gasteiger partial charge >= 0.3 is 0 Å². The fraction of sp³-hybridized carbons (Fsp3) is 0.450. The van der Waals surface area contributed by atoms with Crippen molar-refractivity contribution in [2.75, 3.05) is 31.1 Å². The standard InChI is InChI=1S/C20H24N6/c1-4-20(12-21-6-1)5-2-8-26(13-20)17-3-7-24-19-18(17)16(11-25-19)15-9-22-14-23-10-15/h3,7,9-11,14,21H,1-2,4-6,8,12-13H2,(H,24,25). The molecule has 0 amide bonds. The molecule has 134 valence electrons. The van der Waals surface area contributed by atoms with E-state index in [2.05, 4.69) is 36.2 Å². The molecule has 3 aromatic rings. The summed E-state index contributed by atoms with van der Waals surface area (Å²) in [5.41, 5.74) is 4.78. The van der Waals surface area contributed by atoms with E-state index >= 15 is 0 Å². The average Bonchev–Trinajstić information content (AvgIpc) is 3.14. The first kappa shape index (κ1) is 15.8. The summed E-state index contributed by atoms with van der Waals surface area (Å²) in [5, 5.41) is 4.81. The Kier molecular flexibility index (Phi) is 3.85. The first-order valence-electron chi connectivity index (χ1n) is 9.52. The van der Waals surface area contributed by atoms with Gasteiger partial charge in [0.05, 0.1) is 5.39 Å². The third kappa shape index (κ3) is 2.65. The van der Waals surface area contributed by atoms with E-state index in [1.807, 2.05) is 24.8 Å². The lowest BCUT2D eigenvalue weighted by Crippen LogP contribution is -2.51. The van der Waals surface area contributed by atoms with Crippen molar-refractivity contribution in [1.82, 2.24) is 25.3 Å². The Balaban J connectivity index is 1.57. The highest BCUT2D eigenvalue weighted by molar-refractivity contribution is 6.02. The van der Waals surface area contributed by atoms with Crippen LogP contribution >= 0.6 is 0 Å². The van der Waals surface area contributed by atoms with E-state index in [1.54, 1.807) is 6.33 Å². The number of hydrogen-bond donors (Lipinski definition) is 2. The van der Waals surface area contributed by atoms with Crippen LogP contribution in [0.4, 0.5) is 5.69 Å². The van der Waals surface area contributed by atoms with Crippen LogP contribution in [-0.2, 0) is 0 Å². The molecule has 0 aliphatic carbocycles. The average molecular weight is 348 g/mol. The molecule has 1 atom stereocenters. The Morgan fingerprint density at radius 2 is 2.00 bits per heavy atom. The number of fused-ring (bicyclic) bond motifs is 1. The van der Waals surface area contributed by atoms with Crippen LogP contribution in [0.25, 0.3) is 22.2 Å². The molecule has 5 rings (SSSR count). The maximum absolute atomic E-state index is 4.55. The number of nitrogens with zero attached hydrogens (tertiary/aromatic N) is 4. The second-order valence-electron chi connectivity index (χ2n) is 7.69. The molecule has 2 aliphatic heterocycles. The van der Waals surface area contributed by atoms with Gasteiger partial charge in [0.15, 0.2) is 0 Å². The SMILES string of the molecule is c1ncc(-c2c[nH]c3nccc(N4CCCC5(CCCNC5)C4)c23)cn1. The molecule has 2 fully saturated rings. The molecule has 6 heteroatoms. The van der Waals surface area contributed by atoms with Crippen LogP contribution in [0, 0.1) is 5.41 Å². The van der Waals surface area contributed by atoms with Crippen LogP contribution in [0.3, 0.4) is 0 Å². The summed E-state index contributed by atoms with van der Waals surface area (Å²) in [6, 6.07) is 2.17. The molecule has 6 nitrogen and oxygen atoms in total. The largest absolute Gasteiger partial charge is 0.370 e. The van der Waals surface area contributed by atoms with Crippen molar-refractivity contribution in [2.24, 2.45) is 5.41 Å². The molecule has 5 heterocycles. The second kappa shape index (κ2) is 6.36. The fourth-order valence-electron chi connectivity index (χ4n) is 4.76. The van der Waals surface area contributed by atoms with Crippen molar-refractivity contribution in [3.63, 3.8) is 0 Å². The van der Waals surface area contributed by atoms with E-state index in [-0.39, 0.29) is 0 Å². The molecular weight excluding hydrogens is 324 g/mol. The molecule has 2 aliphatic rings. The molecule has 0 aromatic carbocycles. The zero-order valence-corrected chi connectivity index (χ0v) is 14.9. The molecular formula is C20H24N6. The number of anilines is 1. The van der Waals surface area contributed by atoms with Gasteiger partial charge in [-0.3, -0.25) is 0 Å². The topological polar surface area (TPSA) is 69.7 Å². The summed E-state index contributed by atoms with van der Waals surface area (Å²) >= 11 is 0. The summed E-state index contributed by atoms with van der Waals surface area (Å²) < 4.78 is 0. The van der Waals surface area contributed by atoms with Gasteiger partial charge in [-0.2, -0.15) is 0 Å². The zero-order valence-electron chi connectivity index (χ0n) is 14.9. The van der Waals surface area contributed by atoms with Crippen molar-refractivity contribution in [2.45, 2.75) is 25.7 Å². The molecule has 0 radical (unpaired) electrons. The lowest BCUT2D eigenvalue weighted by Gasteiger charge is -2.46. The monoisotopic (exact) mass is 348 g/mol. The van der Waals surface area contributed by atoms with Gasteiger partial charge in [0.25, 0.3) is 0 Å². The Bertz CT molecular complexity index is 892. The molecule has 3 aromatic heterocycles. The van der Waals surface area contributed by atoms with Crippen molar-refractivity contribution < 1.29 is 0 Å². The number of hydrogen-bond acceptors (Lipinski definition) is 5. The number of H-pyrrole nitrogens is 1. The van der Waals surface area contributed by atoms with Gasteiger partial charge in [0, 0.05) is 66.7 Å². The highest BCUT2D eigenvalue weighted by Crippen LogP contribution is 2.41. The fourth-order valence-corrected chi connectivity index (χ4v) is 4.76. The van der Waals surface area contributed by atoms with Gasteiger partial charge in [-0.15, -0.1) is 0 Å². The number of piperidine rings is 2. The minimum absolute atomic E-state index is 0.415. The van der Waals surface area contributed by atoms with Crippen molar-refractivity contribution in [3.8, 4) is 11.1 Å². The zero-order chi connectivity index (χ0) is 17.4. The Morgan fingerprint density at radius 3 is 2.85 bits per heavy atom. The second-order valence-corrected chi connectivity index (χ2v) is 7.69. The summed E-state index contributed by atoms with van der Waals surface area (Å²) in [6.45, 7) is 4.53. The maximum Gasteiger partial charge on any atom is 0.139 e. The Hall–Kier alpha value is -2.47. The number of rotatable bonds is 2. The molecule has 2 N–H and O–H groups in total. The van der Waals surface area contributed by atoms with Gasteiger partial charge < -0.3 is 15.2 Å². The van der Waals surface area contributed by atoms with E-state index < -0.39 is 0 Å². The minimum Gasteiger partial charge on any atom is -0.370 e. The van der Waals surface area contributed by atoms with Crippen molar-refractivity contribution >= 4 is 16.7 Å². The molecule has 2 saturated heterocycles. The van der Waals surface area contributed by atoms with Crippen LogP contribution in [0.15, 0.2) is 37.2 Å². The quantitative estimate of drug-likeness (QED) is 0.745. The minimum atomic E-state index is 0.415. The van der Waals surface area contributed by atoms with Gasteiger partial charge in [0.1, 0.15) is 12.0 Å². The van der Waals surface area contributed by atoms with Crippen molar-refractivity contribution in [3.05, 3.63) is 37.2 Å². The third-order valence-corrected chi connectivity index (χ3v) is 5.99. The first-order chi connectivity index (χ1) is 12.8. The van der Waals surface area contributed by atoms with Crippen molar-refractivity contribution in [1.29, 1.82) is 0 Å². The summed E-state index contributed by atoms with van der Waals surface area (Å²) in [4.78, 5) is 18.8. The van der Waals surface area contributed by atoms with Gasteiger partial charge in [0.2, 0.25) is 0 Å². The highest BCUT2D eigenvalue weighted by Gasteiger charge is 2.37. The number of nitrogens with one attached hydrogen (secondary N) is 2. The summed E-state index contributed by atoms with van der Waals surface area (Å²) in [7, 11) is 0. The van der Waals surface area contributed by atoms with Crippen LogP contribution < -0.4 is 10.2 Å². The normalized spacial score (nSPS) is 23.6. The summed E-state index contributed by atoms with van der Waals surface area (Å²) in [6.07, 6.45) is 14.5. The van der Waals surface area contributed by atoms with Crippen LogP contribution in [0.2, 0.25) is 0 Å². The molecule has 1 spiro atoms. The molecule has 1 unspecified atom stereocenters. The van der Waals surface area contributed by atoms with Gasteiger partial charge in [-0.05, 0) is 38.3 Å². The molecule has 0 saturated carbocycles. The Morgan fingerprint density at radius 1 is 1.12 bits per heavy atom. The van der Waals surface area contributed by atoms with E-state index in [4.69, 9.17) is 0 Å². The van der Waals surface area contributed by atoms with Gasteiger partial charge in [-0.1, -0.05) is 0 Å². The summed E-state index contributed by atoms with van der Waals surface area (Å²) in [5.74, 6) is 0. The number of aromatic amines is 1. The highest BCUT2D eigenvalue weighted by atomic mass is 15.2. The van der Waals surface area contributed by atoms with Crippen LogP contribution in [-0.4, -0.2) is 46.1 Å². The predicted octanol–water partition coefficient (Wildman–Crippen LogP) is 2.99. The molecule has 0 bridgehead atoms. The van der Waals surface area contributed by atoms with Crippen LogP contribution in [0.5, 0.6) is 0 Å². The lowest BCUT2D eigenvalue weighted by molar-refractivity contribution is 0.173. The maximum atomic E-state index is 4.55. The third-order valence-electron chi connectivity index (χ3n) is 5.99. The van der Waals surface area contributed by atoms with E-state index in [0.717, 1.165) is 43.0 Å². The van der Waals surface area contributed by atoms with E-state index in [0.29, 0.717) is 5.41 Å². The van der Waals surface area contributed by atoms with E-state index in [1.165, 1.54) is 36.8 Å². The first-order valence-corrected chi connectivity index (χ1v) is 9.52. The predicted molar refractivity (Wildman–Crippen MR) is 103 cm³/mol. The molecule has 26 heavy (non-hydrogen) atoms. The van der Waals surface area contributed by atoms with Crippen LogP contribution in [0.1, 0.15) is 25.7 Å². The lowest BCUT2D eigenvalue weighted by atomic mass is 9.74. The Labute approximate surface area is 153 Å².